The highest BCUT2D eigenvalue weighted by atomic mass is 15.3. The minimum absolute atomic E-state index is 0.401. The van der Waals surface area contributed by atoms with Gasteiger partial charge in [0.25, 0.3) is 0 Å². The van der Waals surface area contributed by atoms with Crippen LogP contribution >= 0.6 is 0 Å². The fourth-order valence-electron chi connectivity index (χ4n) is 2.59. The smallest absolute Gasteiger partial charge is 0.138 e. The summed E-state index contributed by atoms with van der Waals surface area (Å²) in [7, 11) is 0. The summed E-state index contributed by atoms with van der Waals surface area (Å²) in [6, 6.07) is 0.975. The van der Waals surface area contributed by atoms with Crippen LogP contribution in [0.4, 0.5) is 0 Å². The highest BCUT2D eigenvalue weighted by Crippen LogP contribution is 2.51. The second-order valence-corrected chi connectivity index (χ2v) is 5.53. The van der Waals surface area contributed by atoms with Crippen molar-refractivity contribution in [1.82, 2.24) is 20.1 Å². The third kappa shape index (κ3) is 2.51. The number of hydrogen-bond donors (Lipinski definition) is 1. The Hall–Kier alpha value is -0.900. The summed E-state index contributed by atoms with van der Waals surface area (Å²) in [5, 5.41) is 7.87. The van der Waals surface area contributed by atoms with Gasteiger partial charge in [0, 0.05) is 18.5 Å². The molecule has 1 aromatic rings. The summed E-state index contributed by atoms with van der Waals surface area (Å²) in [6.07, 6.45) is 5.36. The molecule has 1 saturated carbocycles. The molecule has 2 rings (SSSR count). The van der Waals surface area contributed by atoms with E-state index in [4.69, 9.17) is 0 Å². The third-order valence-corrected chi connectivity index (χ3v) is 3.97. The predicted octanol–water partition coefficient (Wildman–Crippen LogP) is 2.18. The molecule has 0 saturated heterocycles. The first-order valence-corrected chi connectivity index (χ1v) is 6.71. The average Bonchev–Trinajstić information content (AvgIpc) is 2.89. The molecule has 96 valence electrons. The first-order chi connectivity index (χ1) is 8.09. The van der Waals surface area contributed by atoms with E-state index in [1.165, 1.54) is 12.8 Å². The lowest BCUT2D eigenvalue weighted by molar-refractivity contribution is 0.339. The van der Waals surface area contributed by atoms with E-state index >= 15 is 0 Å². The molecule has 1 aliphatic carbocycles. The second-order valence-electron chi connectivity index (χ2n) is 5.53. The molecule has 4 nitrogen and oxygen atoms in total. The van der Waals surface area contributed by atoms with Crippen LogP contribution in [0.2, 0.25) is 0 Å². The molecule has 1 aromatic heterocycles. The molecule has 1 aliphatic rings. The molecule has 17 heavy (non-hydrogen) atoms. The van der Waals surface area contributed by atoms with E-state index < -0.39 is 0 Å². The molecular formula is C13H24N4. The van der Waals surface area contributed by atoms with Gasteiger partial charge < -0.3 is 5.32 Å². The summed E-state index contributed by atoms with van der Waals surface area (Å²) < 4.78 is 2.05. The van der Waals surface area contributed by atoms with E-state index in [1.807, 2.05) is 0 Å². The van der Waals surface area contributed by atoms with E-state index in [0.717, 1.165) is 18.8 Å². The van der Waals surface area contributed by atoms with Crippen LogP contribution in [0, 0.1) is 5.41 Å². The van der Waals surface area contributed by atoms with Crippen molar-refractivity contribution in [2.45, 2.75) is 59.0 Å². The van der Waals surface area contributed by atoms with Crippen molar-refractivity contribution in [3.05, 3.63) is 12.2 Å². The number of hydrogen-bond acceptors (Lipinski definition) is 3. The van der Waals surface area contributed by atoms with Crippen molar-refractivity contribution in [3.8, 4) is 0 Å². The Bertz CT molecular complexity index is 365. The maximum atomic E-state index is 4.43. The van der Waals surface area contributed by atoms with Crippen molar-refractivity contribution in [2.75, 3.05) is 6.54 Å². The van der Waals surface area contributed by atoms with Gasteiger partial charge in [-0.1, -0.05) is 6.92 Å². The van der Waals surface area contributed by atoms with Crippen LogP contribution in [0.3, 0.4) is 0 Å². The molecule has 4 heteroatoms. The molecule has 1 atom stereocenters. The Balaban J connectivity index is 2.07. The van der Waals surface area contributed by atoms with Gasteiger partial charge in [0.15, 0.2) is 0 Å². The lowest BCUT2D eigenvalue weighted by atomic mass is 9.93. The standard InChI is InChI=1S/C13H24N4/c1-5-14-11(4)13(6-7-13)8-12-15-9-16-17(12)10(2)3/h9-11,14H,5-8H2,1-4H3. The number of nitrogens with zero attached hydrogens (tertiary/aromatic N) is 3. The van der Waals surface area contributed by atoms with Crippen LogP contribution in [0.15, 0.2) is 6.33 Å². The van der Waals surface area contributed by atoms with Crippen molar-refractivity contribution in [1.29, 1.82) is 0 Å². The van der Waals surface area contributed by atoms with Crippen LogP contribution in [-0.2, 0) is 6.42 Å². The van der Waals surface area contributed by atoms with Gasteiger partial charge in [-0.25, -0.2) is 9.67 Å². The van der Waals surface area contributed by atoms with Gasteiger partial charge >= 0.3 is 0 Å². The SMILES string of the molecule is CCNC(C)C1(Cc2ncnn2C(C)C)CC1. The zero-order chi connectivity index (χ0) is 12.5. The molecule has 0 aromatic carbocycles. The average molecular weight is 236 g/mol. The Morgan fingerprint density at radius 1 is 1.41 bits per heavy atom. The second kappa shape index (κ2) is 4.77. The van der Waals surface area contributed by atoms with Gasteiger partial charge in [0.2, 0.25) is 0 Å². The molecule has 1 fully saturated rings. The third-order valence-electron chi connectivity index (χ3n) is 3.97. The van der Waals surface area contributed by atoms with Gasteiger partial charge in [0.05, 0.1) is 0 Å². The van der Waals surface area contributed by atoms with Crippen molar-refractivity contribution < 1.29 is 0 Å². The van der Waals surface area contributed by atoms with Crippen LogP contribution < -0.4 is 5.32 Å². The zero-order valence-corrected chi connectivity index (χ0v) is 11.4. The molecule has 0 bridgehead atoms. The Labute approximate surface area is 104 Å². The topological polar surface area (TPSA) is 42.7 Å². The number of nitrogens with one attached hydrogen (secondary N) is 1. The van der Waals surface area contributed by atoms with Crippen molar-refractivity contribution >= 4 is 0 Å². The van der Waals surface area contributed by atoms with Crippen LogP contribution in [0.25, 0.3) is 0 Å². The summed E-state index contributed by atoms with van der Waals surface area (Å²) in [5.41, 5.74) is 0.426. The first-order valence-electron chi connectivity index (χ1n) is 6.71. The minimum atomic E-state index is 0.401. The quantitative estimate of drug-likeness (QED) is 0.823. The molecule has 0 aliphatic heterocycles. The maximum Gasteiger partial charge on any atom is 0.138 e. The Kier molecular flexibility index (Phi) is 3.52. The monoisotopic (exact) mass is 236 g/mol. The van der Waals surface area contributed by atoms with Gasteiger partial charge in [-0.3, -0.25) is 0 Å². The van der Waals surface area contributed by atoms with Crippen molar-refractivity contribution in [3.63, 3.8) is 0 Å². The fraction of sp³-hybridized carbons (Fsp3) is 0.846. The summed E-state index contributed by atoms with van der Waals surface area (Å²) in [5.74, 6) is 1.14. The summed E-state index contributed by atoms with van der Waals surface area (Å²) >= 11 is 0. The minimum Gasteiger partial charge on any atom is -0.314 e. The van der Waals surface area contributed by atoms with Gasteiger partial charge in [-0.15, -0.1) is 0 Å². The fourth-order valence-corrected chi connectivity index (χ4v) is 2.59. The van der Waals surface area contributed by atoms with Gasteiger partial charge in [-0.2, -0.15) is 5.10 Å². The van der Waals surface area contributed by atoms with Crippen molar-refractivity contribution in [2.24, 2.45) is 5.41 Å². The lowest BCUT2D eigenvalue weighted by Crippen LogP contribution is -2.36. The Morgan fingerprint density at radius 2 is 2.12 bits per heavy atom. The molecule has 0 amide bonds. The largest absolute Gasteiger partial charge is 0.314 e. The maximum absolute atomic E-state index is 4.43. The lowest BCUT2D eigenvalue weighted by Gasteiger charge is -2.24. The molecule has 0 spiro atoms. The van der Waals surface area contributed by atoms with E-state index in [2.05, 4.69) is 47.8 Å². The van der Waals surface area contributed by atoms with E-state index in [0.29, 0.717) is 17.5 Å². The van der Waals surface area contributed by atoms with Crippen LogP contribution in [0.1, 0.15) is 52.4 Å². The number of rotatable bonds is 6. The number of aromatic nitrogens is 3. The molecule has 1 unspecified atom stereocenters. The van der Waals surface area contributed by atoms with E-state index in [-0.39, 0.29) is 0 Å². The zero-order valence-electron chi connectivity index (χ0n) is 11.4. The van der Waals surface area contributed by atoms with Gasteiger partial charge in [0.1, 0.15) is 12.2 Å². The Morgan fingerprint density at radius 3 is 2.65 bits per heavy atom. The molecule has 1 heterocycles. The van der Waals surface area contributed by atoms with Gasteiger partial charge in [-0.05, 0) is 45.6 Å². The highest BCUT2D eigenvalue weighted by Gasteiger charge is 2.47. The van der Waals surface area contributed by atoms with Crippen LogP contribution in [0.5, 0.6) is 0 Å². The normalized spacial score (nSPS) is 19.6. The molecule has 0 radical (unpaired) electrons. The molecule has 1 N–H and O–H groups in total. The summed E-state index contributed by atoms with van der Waals surface area (Å²) in [6.45, 7) is 9.83. The molecular weight excluding hydrogens is 212 g/mol. The highest BCUT2D eigenvalue weighted by molar-refractivity contribution is 5.07. The van der Waals surface area contributed by atoms with E-state index in [9.17, 15) is 0 Å². The summed E-state index contributed by atoms with van der Waals surface area (Å²) in [4.78, 5) is 4.43. The first kappa shape index (κ1) is 12.6. The van der Waals surface area contributed by atoms with Crippen LogP contribution in [-0.4, -0.2) is 27.4 Å². The predicted molar refractivity (Wildman–Crippen MR) is 68.9 cm³/mol. The van der Waals surface area contributed by atoms with E-state index in [1.54, 1.807) is 6.33 Å².